The summed E-state index contributed by atoms with van der Waals surface area (Å²) in [5.41, 5.74) is 7.66. The normalized spacial score (nSPS) is 12.2. The van der Waals surface area contributed by atoms with Gasteiger partial charge in [-0.3, -0.25) is 0 Å². The van der Waals surface area contributed by atoms with Crippen LogP contribution in [0.5, 0.6) is 0 Å². The third kappa shape index (κ3) is 2.27. The zero-order valence-corrected chi connectivity index (χ0v) is 7.20. The molecule has 0 saturated carbocycles. The molecule has 1 aromatic carbocycles. The van der Waals surface area contributed by atoms with Crippen molar-refractivity contribution in [2.75, 3.05) is 0 Å². The Labute approximate surface area is 73.2 Å². The summed E-state index contributed by atoms with van der Waals surface area (Å²) in [5, 5.41) is 0. The predicted molar refractivity (Wildman–Crippen MR) is 53.4 cm³/mol. The summed E-state index contributed by atoms with van der Waals surface area (Å²) < 4.78 is 0. The van der Waals surface area contributed by atoms with Crippen LogP contribution in [0.1, 0.15) is 12.5 Å². The SMILES string of the molecule is C/C=C\C=C(/N)c1ccccc1. The third-order valence-corrected chi connectivity index (χ3v) is 1.58. The van der Waals surface area contributed by atoms with Crippen molar-refractivity contribution in [1.82, 2.24) is 0 Å². The van der Waals surface area contributed by atoms with Gasteiger partial charge in [0.25, 0.3) is 0 Å². The van der Waals surface area contributed by atoms with Crippen molar-refractivity contribution < 1.29 is 0 Å². The van der Waals surface area contributed by atoms with E-state index in [2.05, 4.69) is 0 Å². The maximum atomic E-state index is 5.79. The fraction of sp³-hybridized carbons (Fsp3) is 0.0909. The van der Waals surface area contributed by atoms with Gasteiger partial charge in [-0.2, -0.15) is 0 Å². The summed E-state index contributed by atoms with van der Waals surface area (Å²) in [4.78, 5) is 0. The molecular weight excluding hydrogens is 146 g/mol. The summed E-state index contributed by atoms with van der Waals surface area (Å²) in [6.07, 6.45) is 5.79. The van der Waals surface area contributed by atoms with Crippen molar-refractivity contribution in [2.45, 2.75) is 6.92 Å². The highest BCUT2D eigenvalue weighted by atomic mass is 14.6. The summed E-state index contributed by atoms with van der Waals surface area (Å²) in [6, 6.07) is 9.93. The molecular formula is C11H13N. The topological polar surface area (TPSA) is 26.0 Å². The van der Waals surface area contributed by atoms with Crippen molar-refractivity contribution in [3.8, 4) is 0 Å². The minimum absolute atomic E-state index is 0.800. The molecule has 0 atom stereocenters. The Morgan fingerprint density at radius 1 is 1.25 bits per heavy atom. The van der Waals surface area contributed by atoms with E-state index in [1.165, 1.54) is 0 Å². The number of allylic oxidation sites excluding steroid dienone is 3. The number of benzene rings is 1. The molecule has 1 rings (SSSR count). The number of rotatable bonds is 2. The van der Waals surface area contributed by atoms with E-state index in [9.17, 15) is 0 Å². The molecule has 0 fully saturated rings. The van der Waals surface area contributed by atoms with Gasteiger partial charge in [-0.15, -0.1) is 0 Å². The van der Waals surface area contributed by atoms with E-state index >= 15 is 0 Å². The van der Waals surface area contributed by atoms with Gasteiger partial charge in [-0.1, -0.05) is 42.5 Å². The van der Waals surface area contributed by atoms with Gasteiger partial charge in [0.2, 0.25) is 0 Å². The van der Waals surface area contributed by atoms with Crippen LogP contribution in [0.4, 0.5) is 0 Å². The van der Waals surface area contributed by atoms with Gasteiger partial charge in [0.1, 0.15) is 0 Å². The lowest BCUT2D eigenvalue weighted by atomic mass is 10.1. The van der Waals surface area contributed by atoms with Gasteiger partial charge >= 0.3 is 0 Å². The Kier molecular flexibility index (Phi) is 3.15. The van der Waals surface area contributed by atoms with Gasteiger partial charge in [0, 0.05) is 5.70 Å². The second-order valence-electron chi connectivity index (χ2n) is 2.51. The summed E-state index contributed by atoms with van der Waals surface area (Å²) in [5.74, 6) is 0. The third-order valence-electron chi connectivity index (χ3n) is 1.58. The van der Waals surface area contributed by atoms with E-state index in [1.54, 1.807) is 0 Å². The largest absolute Gasteiger partial charge is 0.398 e. The lowest BCUT2D eigenvalue weighted by Gasteiger charge is -1.98. The van der Waals surface area contributed by atoms with Crippen LogP contribution in [0.15, 0.2) is 48.6 Å². The molecule has 1 heteroatoms. The van der Waals surface area contributed by atoms with Crippen LogP contribution in [0, 0.1) is 0 Å². The first-order chi connectivity index (χ1) is 5.84. The average Bonchev–Trinajstić information content (AvgIpc) is 2.15. The van der Waals surface area contributed by atoms with E-state index in [4.69, 9.17) is 5.73 Å². The van der Waals surface area contributed by atoms with Gasteiger partial charge in [-0.25, -0.2) is 0 Å². The van der Waals surface area contributed by atoms with Crippen LogP contribution >= 0.6 is 0 Å². The van der Waals surface area contributed by atoms with E-state index in [0.29, 0.717) is 0 Å². The van der Waals surface area contributed by atoms with Crippen LogP contribution in [0.2, 0.25) is 0 Å². The van der Waals surface area contributed by atoms with Crippen LogP contribution in [-0.4, -0.2) is 0 Å². The average molecular weight is 159 g/mol. The minimum Gasteiger partial charge on any atom is -0.398 e. The second-order valence-corrected chi connectivity index (χ2v) is 2.51. The Balaban J connectivity index is 2.85. The lowest BCUT2D eigenvalue weighted by Crippen LogP contribution is -1.94. The highest BCUT2D eigenvalue weighted by molar-refractivity contribution is 5.63. The van der Waals surface area contributed by atoms with Crippen LogP contribution < -0.4 is 5.73 Å². The standard InChI is InChI=1S/C11H13N/c1-2-3-9-11(12)10-7-5-4-6-8-10/h2-9H,12H2,1H3/b3-2-,11-9-. The Bertz CT molecular complexity index is 283. The first kappa shape index (κ1) is 8.60. The molecule has 1 aromatic rings. The molecule has 0 aliphatic rings. The fourth-order valence-corrected chi connectivity index (χ4v) is 0.927. The van der Waals surface area contributed by atoms with Gasteiger partial charge in [0.15, 0.2) is 0 Å². The fourth-order valence-electron chi connectivity index (χ4n) is 0.927. The highest BCUT2D eigenvalue weighted by Crippen LogP contribution is 2.07. The lowest BCUT2D eigenvalue weighted by molar-refractivity contribution is 1.51. The van der Waals surface area contributed by atoms with E-state index in [1.807, 2.05) is 55.5 Å². The molecule has 1 nitrogen and oxygen atoms in total. The number of hydrogen-bond donors (Lipinski definition) is 1. The quantitative estimate of drug-likeness (QED) is 0.659. The van der Waals surface area contributed by atoms with Crippen LogP contribution in [0.25, 0.3) is 5.70 Å². The Morgan fingerprint density at radius 3 is 2.50 bits per heavy atom. The molecule has 0 aliphatic carbocycles. The van der Waals surface area contributed by atoms with Crippen LogP contribution in [-0.2, 0) is 0 Å². The zero-order chi connectivity index (χ0) is 8.81. The number of nitrogens with two attached hydrogens (primary N) is 1. The van der Waals surface area contributed by atoms with Crippen molar-refractivity contribution in [3.05, 3.63) is 54.1 Å². The molecule has 0 aromatic heterocycles. The van der Waals surface area contributed by atoms with Crippen molar-refractivity contribution in [3.63, 3.8) is 0 Å². The summed E-state index contributed by atoms with van der Waals surface area (Å²) in [6.45, 7) is 1.97. The predicted octanol–water partition coefficient (Wildman–Crippen LogP) is 2.56. The molecule has 0 radical (unpaired) electrons. The molecule has 0 spiro atoms. The first-order valence-electron chi connectivity index (χ1n) is 3.98. The molecule has 2 N–H and O–H groups in total. The smallest absolute Gasteiger partial charge is 0.0387 e. The van der Waals surface area contributed by atoms with E-state index in [0.717, 1.165) is 11.3 Å². The van der Waals surface area contributed by atoms with Crippen molar-refractivity contribution >= 4 is 5.70 Å². The van der Waals surface area contributed by atoms with Crippen molar-refractivity contribution in [1.29, 1.82) is 0 Å². The summed E-state index contributed by atoms with van der Waals surface area (Å²) in [7, 11) is 0. The van der Waals surface area contributed by atoms with Gasteiger partial charge in [0.05, 0.1) is 0 Å². The minimum atomic E-state index is 0.800. The molecule has 0 unspecified atom stereocenters. The Hall–Kier alpha value is -1.50. The zero-order valence-electron chi connectivity index (χ0n) is 7.20. The molecule has 0 heterocycles. The number of hydrogen-bond acceptors (Lipinski definition) is 1. The van der Waals surface area contributed by atoms with Gasteiger partial charge < -0.3 is 5.73 Å². The summed E-state index contributed by atoms with van der Waals surface area (Å²) >= 11 is 0. The highest BCUT2D eigenvalue weighted by Gasteiger charge is 1.90. The monoisotopic (exact) mass is 159 g/mol. The molecule has 62 valence electrons. The first-order valence-corrected chi connectivity index (χ1v) is 3.98. The molecule has 0 bridgehead atoms. The van der Waals surface area contributed by atoms with Gasteiger partial charge in [-0.05, 0) is 18.6 Å². The van der Waals surface area contributed by atoms with Crippen molar-refractivity contribution in [2.24, 2.45) is 5.73 Å². The van der Waals surface area contributed by atoms with Crippen LogP contribution in [0.3, 0.4) is 0 Å². The maximum absolute atomic E-state index is 5.79. The Morgan fingerprint density at radius 2 is 1.92 bits per heavy atom. The molecule has 0 saturated heterocycles. The second kappa shape index (κ2) is 4.39. The maximum Gasteiger partial charge on any atom is 0.0387 e. The van der Waals surface area contributed by atoms with E-state index < -0.39 is 0 Å². The molecule has 0 amide bonds. The van der Waals surface area contributed by atoms with E-state index in [-0.39, 0.29) is 0 Å². The molecule has 0 aliphatic heterocycles. The molecule has 12 heavy (non-hydrogen) atoms.